The van der Waals surface area contributed by atoms with Crippen LogP contribution < -0.4 is 10.2 Å². The van der Waals surface area contributed by atoms with Crippen LogP contribution in [0.1, 0.15) is 12.5 Å². The van der Waals surface area contributed by atoms with Crippen molar-refractivity contribution in [2.75, 3.05) is 31.2 Å². The van der Waals surface area contributed by atoms with Crippen LogP contribution in [0, 0.1) is 5.82 Å². The van der Waals surface area contributed by atoms with E-state index in [1.807, 2.05) is 41.8 Å². The summed E-state index contributed by atoms with van der Waals surface area (Å²) in [6, 6.07) is 16.0. The fourth-order valence-corrected chi connectivity index (χ4v) is 4.14. The molecule has 0 saturated carbocycles. The van der Waals surface area contributed by atoms with Crippen LogP contribution in [0.2, 0.25) is 0 Å². The van der Waals surface area contributed by atoms with E-state index in [1.54, 1.807) is 12.1 Å². The van der Waals surface area contributed by atoms with E-state index in [2.05, 4.69) is 20.4 Å². The fourth-order valence-electron chi connectivity index (χ4n) is 3.26. The number of nitrogens with zero attached hydrogens (tertiary/aromatic N) is 4. The van der Waals surface area contributed by atoms with Crippen LogP contribution in [-0.4, -0.2) is 52.2 Å². The van der Waals surface area contributed by atoms with Gasteiger partial charge in [0, 0.05) is 19.6 Å². The third-order valence-electron chi connectivity index (χ3n) is 4.96. The van der Waals surface area contributed by atoms with Gasteiger partial charge in [-0.15, -0.1) is 10.2 Å². The first-order valence-corrected chi connectivity index (χ1v) is 11.0. The highest BCUT2D eigenvalue weighted by Gasteiger charge is 2.24. The molecule has 1 atom stereocenters. The van der Waals surface area contributed by atoms with Crippen molar-refractivity contribution in [3.63, 3.8) is 0 Å². The Morgan fingerprint density at radius 3 is 2.55 bits per heavy atom. The molecule has 0 bridgehead atoms. The van der Waals surface area contributed by atoms with Gasteiger partial charge in [-0.25, -0.2) is 4.39 Å². The van der Waals surface area contributed by atoms with E-state index in [-0.39, 0.29) is 17.0 Å². The smallest absolute Gasteiger partial charge is 0.233 e. The molecule has 0 spiro atoms. The van der Waals surface area contributed by atoms with Crippen LogP contribution in [0.5, 0.6) is 0 Å². The van der Waals surface area contributed by atoms with E-state index in [1.165, 1.54) is 23.9 Å². The monoisotopic (exact) mass is 441 g/mol. The molecule has 1 saturated heterocycles. The molecule has 162 valence electrons. The molecule has 2 aromatic carbocycles. The number of thioether (sulfide) groups is 1. The molecule has 1 N–H and O–H groups in total. The van der Waals surface area contributed by atoms with Gasteiger partial charge in [-0.1, -0.05) is 42.1 Å². The molecular formula is C22H24FN5O2S. The van der Waals surface area contributed by atoms with E-state index in [0.717, 1.165) is 30.3 Å². The molecule has 31 heavy (non-hydrogen) atoms. The number of morpholine rings is 1. The topological polar surface area (TPSA) is 72.3 Å². The number of carbonyl (C=O) groups is 1. The minimum absolute atomic E-state index is 0.121. The maximum Gasteiger partial charge on any atom is 0.233 e. The molecule has 2 heterocycles. The van der Waals surface area contributed by atoms with Crippen molar-refractivity contribution in [3.05, 3.63) is 66.0 Å². The lowest BCUT2D eigenvalue weighted by molar-refractivity contribution is -0.120. The Morgan fingerprint density at radius 2 is 1.84 bits per heavy atom. The molecule has 4 rings (SSSR count). The molecule has 0 aliphatic carbocycles. The molecule has 7 nitrogen and oxygen atoms in total. The number of carbonyl (C=O) groups excluding carboxylic acids is 1. The van der Waals surface area contributed by atoms with Crippen molar-refractivity contribution in [3.8, 4) is 5.69 Å². The normalized spacial score (nSPS) is 15.0. The Kier molecular flexibility index (Phi) is 6.83. The van der Waals surface area contributed by atoms with Gasteiger partial charge < -0.3 is 15.0 Å². The van der Waals surface area contributed by atoms with Gasteiger partial charge in [-0.2, -0.15) is 0 Å². The number of nitrogens with one attached hydrogen (secondary N) is 1. The summed E-state index contributed by atoms with van der Waals surface area (Å²) in [7, 11) is 0. The minimum Gasteiger partial charge on any atom is -0.378 e. The third-order valence-corrected chi connectivity index (χ3v) is 6.00. The largest absolute Gasteiger partial charge is 0.378 e. The summed E-state index contributed by atoms with van der Waals surface area (Å²) in [5.74, 6) is 0.330. The van der Waals surface area contributed by atoms with E-state index < -0.39 is 0 Å². The molecule has 1 aliphatic rings. The standard InChI is InChI=1S/C22H24FN5O2S/c1-16(20(29)24-15-17-7-9-18(23)10-8-17)31-22-26-25-21(27-11-13-30-14-12-27)28(22)19-5-3-2-4-6-19/h2-10,16H,11-15H2,1H3,(H,24,29). The summed E-state index contributed by atoms with van der Waals surface area (Å²) < 4.78 is 20.5. The summed E-state index contributed by atoms with van der Waals surface area (Å²) in [4.78, 5) is 14.8. The number of aromatic nitrogens is 3. The molecule has 1 fully saturated rings. The van der Waals surface area contributed by atoms with Crippen LogP contribution in [0.25, 0.3) is 5.69 Å². The lowest BCUT2D eigenvalue weighted by Gasteiger charge is -2.28. The quantitative estimate of drug-likeness (QED) is 0.569. The van der Waals surface area contributed by atoms with Crippen LogP contribution >= 0.6 is 11.8 Å². The highest BCUT2D eigenvalue weighted by molar-refractivity contribution is 8.00. The van der Waals surface area contributed by atoms with Crippen LogP contribution in [0.15, 0.2) is 59.8 Å². The predicted molar refractivity (Wildman–Crippen MR) is 118 cm³/mol. The zero-order chi connectivity index (χ0) is 21.6. The predicted octanol–water partition coefficient (Wildman–Crippen LogP) is 3.04. The second-order valence-corrected chi connectivity index (χ2v) is 8.47. The van der Waals surface area contributed by atoms with Crippen molar-refractivity contribution in [2.45, 2.75) is 23.9 Å². The van der Waals surface area contributed by atoms with Crippen molar-refractivity contribution in [1.29, 1.82) is 0 Å². The number of hydrogen-bond donors (Lipinski definition) is 1. The Bertz CT molecular complexity index is 1010. The van der Waals surface area contributed by atoms with Crippen molar-refractivity contribution < 1.29 is 13.9 Å². The summed E-state index contributed by atoms with van der Waals surface area (Å²) >= 11 is 1.35. The number of halogens is 1. The highest BCUT2D eigenvalue weighted by Crippen LogP contribution is 2.29. The number of amides is 1. The van der Waals surface area contributed by atoms with Crippen molar-refractivity contribution in [2.24, 2.45) is 0 Å². The van der Waals surface area contributed by atoms with Crippen LogP contribution in [-0.2, 0) is 16.1 Å². The first-order chi connectivity index (χ1) is 15.1. The molecule has 1 amide bonds. The Morgan fingerprint density at radius 1 is 1.13 bits per heavy atom. The zero-order valence-corrected chi connectivity index (χ0v) is 18.0. The number of anilines is 1. The minimum atomic E-state index is -0.385. The fraction of sp³-hybridized carbons (Fsp3) is 0.318. The number of ether oxygens (including phenoxy) is 1. The number of para-hydroxylation sites is 1. The van der Waals surface area contributed by atoms with Gasteiger partial charge in [0.15, 0.2) is 5.16 Å². The van der Waals surface area contributed by atoms with Crippen molar-refractivity contribution >= 4 is 23.6 Å². The third kappa shape index (κ3) is 5.23. The molecule has 1 unspecified atom stereocenters. The van der Waals surface area contributed by atoms with E-state index >= 15 is 0 Å². The van der Waals surface area contributed by atoms with Crippen LogP contribution in [0.4, 0.5) is 10.3 Å². The van der Waals surface area contributed by atoms with E-state index in [4.69, 9.17) is 4.74 Å². The van der Waals surface area contributed by atoms with Gasteiger partial charge in [0.25, 0.3) is 0 Å². The number of rotatable bonds is 7. The Labute approximate surface area is 184 Å². The Hall–Kier alpha value is -2.91. The second-order valence-electron chi connectivity index (χ2n) is 7.16. The first kappa shape index (κ1) is 21.3. The maximum atomic E-state index is 13.1. The van der Waals surface area contributed by atoms with Gasteiger partial charge in [0.2, 0.25) is 11.9 Å². The summed E-state index contributed by atoms with van der Waals surface area (Å²) in [6.45, 7) is 4.95. The van der Waals surface area contributed by atoms with E-state index in [0.29, 0.717) is 24.9 Å². The molecule has 9 heteroatoms. The molecule has 0 radical (unpaired) electrons. The number of benzene rings is 2. The molecule has 1 aliphatic heterocycles. The average Bonchev–Trinajstić information content (AvgIpc) is 3.23. The number of hydrogen-bond acceptors (Lipinski definition) is 6. The second kappa shape index (κ2) is 9.93. The van der Waals surface area contributed by atoms with E-state index in [9.17, 15) is 9.18 Å². The first-order valence-electron chi connectivity index (χ1n) is 10.1. The summed E-state index contributed by atoms with van der Waals surface area (Å²) in [5.41, 5.74) is 1.78. The lowest BCUT2D eigenvalue weighted by atomic mass is 10.2. The van der Waals surface area contributed by atoms with Gasteiger partial charge >= 0.3 is 0 Å². The van der Waals surface area contributed by atoms with Gasteiger partial charge in [0.1, 0.15) is 5.82 Å². The lowest BCUT2D eigenvalue weighted by Crippen LogP contribution is -2.38. The average molecular weight is 442 g/mol. The van der Waals surface area contributed by atoms with Gasteiger partial charge in [-0.05, 0) is 36.8 Å². The molecular weight excluding hydrogens is 417 g/mol. The van der Waals surface area contributed by atoms with Gasteiger partial charge in [-0.3, -0.25) is 9.36 Å². The van der Waals surface area contributed by atoms with Gasteiger partial charge in [0.05, 0.1) is 24.2 Å². The highest BCUT2D eigenvalue weighted by atomic mass is 32.2. The summed E-state index contributed by atoms with van der Waals surface area (Å²) in [6.07, 6.45) is 0. The zero-order valence-electron chi connectivity index (χ0n) is 17.2. The molecule has 3 aromatic rings. The van der Waals surface area contributed by atoms with Crippen LogP contribution in [0.3, 0.4) is 0 Å². The Balaban J connectivity index is 1.49. The summed E-state index contributed by atoms with van der Waals surface area (Å²) in [5, 5.41) is 12.0. The van der Waals surface area contributed by atoms with Crippen molar-refractivity contribution in [1.82, 2.24) is 20.1 Å². The SMILES string of the molecule is CC(Sc1nnc(N2CCOCC2)n1-c1ccccc1)C(=O)NCc1ccc(F)cc1. The molecule has 1 aromatic heterocycles. The maximum absolute atomic E-state index is 13.1.